The van der Waals surface area contributed by atoms with Gasteiger partial charge in [0.2, 0.25) is 5.91 Å². The zero-order chi connectivity index (χ0) is 21.4. The Kier molecular flexibility index (Phi) is 5.13. The number of ether oxygens (including phenoxy) is 1. The second-order valence-corrected chi connectivity index (χ2v) is 8.39. The van der Waals surface area contributed by atoms with E-state index in [0.717, 1.165) is 33.3 Å². The van der Waals surface area contributed by atoms with Crippen molar-refractivity contribution in [1.29, 1.82) is 0 Å². The third-order valence-electron chi connectivity index (χ3n) is 5.38. The highest BCUT2D eigenvalue weighted by molar-refractivity contribution is 7.22. The maximum Gasteiger partial charge on any atom is 0.261 e. The fourth-order valence-electron chi connectivity index (χ4n) is 3.76. The molecule has 9 heteroatoms. The van der Waals surface area contributed by atoms with Gasteiger partial charge in [-0.15, -0.1) is 0 Å². The predicted octanol–water partition coefficient (Wildman–Crippen LogP) is 2.76. The Balaban J connectivity index is 1.22. The molecule has 5 rings (SSSR count). The van der Waals surface area contributed by atoms with Crippen molar-refractivity contribution < 1.29 is 19.1 Å². The molecule has 2 aliphatic heterocycles. The summed E-state index contributed by atoms with van der Waals surface area (Å²) in [6, 6.07) is 12.3. The van der Waals surface area contributed by atoms with E-state index >= 15 is 0 Å². The molecular weight excluding hydrogens is 416 g/mol. The first-order valence-electron chi connectivity index (χ1n) is 10.1. The lowest BCUT2D eigenvalue weighted by atomic mass is 10.1. The lowest BCUT2D eigenvalue weighted by molar-refractivity contribution is -0.116. The molecule has 0 radical (unpaired) electrons. The molecule has 158 valence electrons. The maximum absolute atomic E-state index is 12.4. The van der Waals surface area contributed by atoms with E-state index in [9.17, 15) is 14.4 Å². The monoisotopic (exact) mass is 436 g/mol. The van der Waals surface area contributed by atoms with E-state index in [4.69, 9.17) is 4.74 Å². The Morgan fingerprint density at radius 1 is 1.06 bits per heavy atom. The quantitative estimate of drug-likeness (QED) is 0.619. The Bertz CT molecular complexity index is 1150. The number of rotatable bonds is 5. The van der Waals surface area contributed by atoms with Crippen molar-refractivity contribution >= 4 is 50.1 Å². The van der Waals surface area contributed by atoms with Gasteiger partial charge in [0.15, 0.2) is 5.13 Å². The minimum Gasteiger partial charge on any atom is -0.378 e. The van der Waals surface area contributed by atoms with Crippen molar-refractivity contribution in [2.45, 2.75) is 6.42 Å². The summed E-state index contributed by atoms with van der Waals surface area (Å²) in [5, 5.41) is 3.81. The van der Waals surface area contributed by atoms with Gasteiger partial charge in [-0.05, 0) is 30.3 Å². The summed E-state index contributed by atoms with van der Waals surface area (Å²) in [5.41, 5.74) is 2.33. The molecule has 1 saturated heterocycles. The van der Waals surface area contributed by atoms with E-state index in [1.54, 1.807) is 35.6 Å². The van der Waals surface area contributed by atoms with E-state index in [1.807, 2.05) is 18.2 Å². The lowest BCUT2D eigenvalue weighted by Gasteiger charge is -2.25. The van der Waals surface area contributed by atoms with E-state index in [-0.39, 0.29) is 30.7 Å². The summed E-state index contributed by atoms with van der Waals surface area (Å²) >= 11 is 1.58. The first-order valence-corrected chi connectivity index (χ1v) is 10.9. The molecule has 0 unspecified atom stereocenters. The minimum absolute atomic E-state index is 0.0330. The van der Waals surface area contributed by atoms with Gasteiger partial charge in [0.1, 0.15) is 0 Å². The Morgan fingerprint density at radius 2 is 1.77 bits per heavy atom. The predicted molar refractivity (Wildman–Crippen MR) is 118 cm³/mol. The number of nitrogens with one attached hydrogen (secondary N) is 1. The van der Waals surface area contributed by atoms with Gasteiger partial charge < -0.3 is 15.0 Å². The van der Waals surface area contributed by atoms with Crippen LogP contribution in [0.5, 0.6) is 0 Å². The van der Waals surface area contributed by atoms with Gasteiger partial charge in [-0.1, -0.05) is 23.5 Å². The Labute approximate surface area is 182 Å². The van der Waals surface area contributed by atoms with Gasteiger partial charge in [0, 0.05) is 31.7 Å². The lowest BCUT2D eigenvalue weighted by Crippen LogP contribution is -2.36. The SMILES string of the molecule is O=C(CCN1C(=O)c2ccccc2C1=O)Nc1ccc2nc(N3CCOCC3)sc2c1. The third kappa shape index (κ3) is 3.77. The summed E-state index contributed by atoms with van der Waals surface area (Å²) in [4.78, 5) is 45.3. The number of benzene rings is 2. The summed E-state index contributed by atoms with van der Waals surface area (Å²) in [6.07, 6.45) is 0.0330. The number of anilines is 2. The average molecular weight is 436 g/mol. The van der Waals surface area contributed by atoms with Gasteiger partial charge >= 0.3 is 0 Å². The van der Waals surface area contributed by atoms with Crippen LogP contribution in [0.1, 0.15) is 27.1 Å². The molecule has 0 aliphatic carbocycles. The van der Waals surface area contributed by atoms with E-state index in [1.165, 1.54) is 0 Å². The van der Waals surface area contributed by atoms with Crippen LogP contribution in [0.15, 0.2) is 42.5 Å². The van der Waals surface area contributed by atoms with Crippen LogP contribution in [-0.4, -0.2) is 60.5 Å². The van der Waals surface area contributed by atoms with Crippen LogP contribution in [0.3, 0.4) is 0 Å². The second kappa shape index (κ2) is 8.09. The third-order valence-corrected chi connectivity index (χ3v) is 6.46. The molecule has 8 nitrogen and oxygen atoms in total. The van der Waals surface area contributed by atoms with Crippen LogP contribution in [0.25, 0.3) is 10.2 Å². The molecule has 1 aromatic heterocycles. The largest absolute Gasteiger partial charge is 0.378 e. The van der Waals surface area contributed by atoms with Crippen molar-refractivity contribution in [2.24, 2.45) is 0 Å². The van der Waals surface area contributed by atoms with Gasteiger partial charge in [-0.2, -0.15) is 0 Å². The van der Waals surface area contributed by atoms with Crippen molar-refractivity contribution in [3.63, 3.8) is 0 Å². The first kappa shape index (κ1) is 19.7. The highest BCUT2D eigenvalue weighted by atomic mass is 32.1. The van der Waals surface area contributed by atoms with Crippen LogP contribution in [0, 0.1) is 0 Å². The fraction of sp³-hybridized carbons (Fsp3) is 0.273. The number of amides is 3. The summed E-state index contributed by atoms with van der Waals surface area (Å²) in [5.74, 6) is -0.959. The number of imide groups is 1. The number of aromatic nitrogens is 1. The minimum atomic E-state index is -0.352. The summed E-state index contributed by atoms with van der Waals surface area (Å²) in [7, 11) is 0. The van der Waals surface area contributed by atoms with Crippen molar-refractivity contribution in [2.75, 3.05) is 43.1 Å². The number of hydrogen-bond donors (Lipinski definition) is 1. The highest BCUT2D eigenvalue weighted by Gasteiger charge is 2.34. The molecule has 3 amide bonds. The molecule has 1 fully saturated rings. The van der Waals surface area contributed by atoms with Crippen LogP contribution < -0.4 is 10.2 Å². The molecule has 2 aromatic carbocycles. The van der Waals surface area contributed by atoms with E-state index < -0.39 is 0 Å². The first-order chi connectivity index (χ1) is 15.1. The number of morpholine rings is 1. The number of hydrogen-bond acceptors (Lipinski definition) is 7. The smallest absolute Gasteiger partial charge is 0.261 e. The standard InChI is InChI=1S/C22H20N4O4S/c27-19(7-8-26-20(28)15-3-1-2-4-16(15)21(26)29)23-14-5-6-17-18(13-14)31-22(24-17)25-9-11-30-12-10-25/h1-6,13H,7-12H2,(H,23,27). The number of carbonyl (C=O) groups is 3. The van der Waals surface area contributed by atoms with Crippen LogP contribution in [0.4, 0.5) is 10.8 Å². The van der Waals surface area contributed by atoms with Crippen molar-refractivity contribution in [3.8, 4) is 0 Å². The molecule has 2 aliphatic rings. The van der Waals surface area contributed by atoms with Gasteiger partial charge in [-0.25, -0.2) is 4.98 Å². The molecule has 3 heterocycles. The molecule has 0 spiro atoms. The number of fused-ring (bicyclic) bond motifs is 2. The Morgan fingerprint density at radius 3 is 2.48 bits per heavy atom. The van der Waals surface area contributed by atoms with Crippen molar-refractivity contribution in [1.82, 2.24) is 9.88 Å². The zero-order valence-corrected chi connectivity index (χ0v) is 17.5. The normalized spacial score (nSPS) is 16.1. The highest BCUT2D eigenvalue weighted by Crippen LogP contribution is 2.31. The molecule has 0 atom stereocenters. The number of nitrogens with zero attached hydrogens (tertiary/aromatic N) is 3. The van der Waals surface area contributed by atoms with Crippen LogP contribution >= 0.6 is 11.3 Å². The number of thiazole rings is 1. The fourth-order valence-corrected chi connectivity index (χ4v) is 4.82. The molecule has 1 N–H and O–H groups in total. The van der Waals surface area contributed by atoms with Gasteiger partial charge in [0.25, 0.3) is 11.8 Å². The summed E-state index contributed by atoms with van der Waals surface area (Å²) in [6.45, 7) is 3.08. The van der Waals surface area contributed by atoms with Gasteiger partial charge in [0.05, 0.1) is 34.6 Å². The Hall–Kier alpha value is -3.30. The second-order valence-electron chi connectivity index (χ2n) is 7.38. The van der Waals surface area contributed by atoms with Crippen molar-refractivity contribution in [3.05, 3.63) is 53.6 Å². The molecule has 0 saturated carbocycles. The molecule has 0 bridgehead atoms. The average Bonchev–Trinajstić information content (AvgIpc) is 3.32. The molecule has 31 heavy (non-hydrogen) atoms. The van der Waals surface area contributed by atoms with E-state index in [2.05, 4.69) is 15.2 Å². The van der Waals surface area contributed by atoms with E-state index in [0.29, 0.717) is 30.0 Å². The molecular formula is C22H20N4O4S. The molecule has 3 aromatic rings. The number of carbonyl (C=O) groups excluding carboxylic acids is 3. The zero-order valence-electron chi connectivity index (χ0n) is 16.7. The maximum atomic E-state index is 12.4. The van der Waals surface area contributed by atoms with Crippen LogP contribution in [-0.2, 0) is 9.53 Å². The van der Waals surface area contributed by atoms with Gasteiger partial charge in [-0.3, -0.25) is 19.3 Å². The summed E-state index contributed by atoms with van der Waals surface area (Å²) < 4.78 is 6.38. The topological polar surface area (TPSA) is 91.8 Å². The van der Waals surface area contributed by atoms with Crippen LogP contribution in [0.2, 0.25) is 0 Å².